The van der Waals surface area contributed by atoms with Gasteiger partial charge in [-0.1, -0.05) is 0 Å². The molecule has 0 aliphatic carbocycles. The van der Waals surface area contributed by atoms with Gasteiger partial charge < -0.3 is 28.8 Å². The van der Waals surface area contributed by atoms with E-state index in [0.717, 1.165) is 29.9 Å². The average molecular weight is 328 g/mol. The summed E-state index contributed by atoms with van der Waals surface area (Å²) in [6.07, 6.45) is 1.78. The second-order valence-corrected chi connectivity index (χ2v) is 4.84. The van der Waals surface area contributed by atoms with Crippen LogP contribution >= 0.6 is 0 Å². The molecule has 0 unspecified atom stereocenters. The van der Waals surface area contributed by atoms with Gasteiger partial charge in [-0.3, -0.25) is 0 Å². The summed E-state index contributed by atoms with van der Waals surface area (Å²) in [6.45, 7) is 3.19. The van der Waals surface area contributed by atoms with Gasteiger partial charge in [0.1, 0.15) is 11.5 Å². The molecule has 1 aromatic carbocycles. The SMILES string of the molecule is COc1ccc(OC)c(CCCOCCOCCOCCO)c1. The van der Waals surface area contributed by atoms with Crippen LogP contribution in [0.25, 0.3) is 0 Å². The summed E-state index contributed by atoms with van der Waals surface area (Å²) < 4.78 is 26.5. The van der Waals surface area contributed by atoms with Crippen molar-refractivity contribution in [3.05, 3.63) is 23.8 Å². The Hall–Kier alpha value is -1.34. The molecule has 6 heteroatoms. The second kappa shape index (κ2) is 13.1. The highest BCUT2D eigenvalue weighted by Gasteiger charge is 2.04. The quantitative estimate of drug-likeness (QED) is 0.524. The van der Waals surface area contributed by atoms with Crippen molar-refractivity contribution < 1.29 is 28.8 Å². The molecule has 0 atom stereocenters. The van der Waals surface area contributed by atoms with Gasteiger partial charge in [-0.2, -0.15) is 0 Å². The van der Waals surface area contributed by atoms with Crippen LogP contribution in [0.2, 0.25) is 0 Å². The molecule has 0 aromatic heterocycles. The van der Waals surface area contributed by atoms with E-state index in [0.29, 0.717) is 39.6 Å². The maximum Gasteiger partial charge on any atom is 0.122 e. The number of aliphatic hydroxyl groups is 1. The third-order valence-corrected chi connectivity index (χ3v) is 3.20. The smallest absolute Gasteiger partial charge is 0.122 e. The lowest BCUT2D eigenvalue weighted by Gasteiger charge is -2.10. The highest BCUT2D eigenvalue weighted by Crippen LogP contribution is 2.24. The summed E-state index contributed by atoms with van der Waals surface area (Å²) in [4.78, 5) is 0. The van der Waals surface area contributed by atoms with E-state index in [9.17, 15) is 0 Å². The molecule has 0 saturated heterocycles. The number of rotatable bonds is 14. The van der Waals surface area contributed by atoms with Crippen molar-refractivity contribution >= 4 is 0 Å². The van der Waals surface area contributed by atoms with E-state index in [2.05, 4.69) is 0 Å². The third kappa shape index (κ3) is 8.76. The summed E-state index contributed by atoms with van der Waals surface area (Å²) in [5, 5.41) is 8.53. The molecule has 0 radical (unpaired) electrons. The lowest BCUT2D eigenvalue weighted by atomic mass is 10.1. The molecule has 6 nitrogen and oxygen atoms in total. The molecular weight excluding hydrogens is 300 g/mol. The zero-order valence-electron chi connectivity index (χ0n) is 14.1. The van der Waals surface area contributed by atoms with Gasteiger partial charge >= 0.3 is 0 Å². The molecule has 1 aromatic rings. The minimum atomic E-state index is 0.0428. The number of hydrogen-bond acceptors (Lipinski definition) is 6. The Labute approximate surface area is 138 Å². The first-order valence-electron chi connectivity index (χ1n) is 7.86. The molecular formula is C17H28O6. The Balaban J connectivity index is 2.06. The highest BCUT2D eigenvalue weighted by atomic mass is 16.5. The van der Waals surface area contributed by atoms with E-state index < -0.39 is 0 Å². The van der Waals surface area contributed by atoms with Crippen LogP contribution in [0.4, 0.5) is 0 Å². The molecule has 0 fully saturated rings. The third-order valence-electron chi connectivity index (χ3n) is 3.20. The molecule has 1 rings (SSSR count). The summed E-state index contributed by atoms with van der Waals surface area (Å²) in [5.41, 5.74) is 1.12. The van der Waals surface area contributed by atoms with E-state index in [4.69, 9.17) is 28.8 Å². The van der Waals surface area contributed by atoms with Crippen LogP contribution in [-0.2, 0) is 20.6 Å². The molecule has 0 saturated carbocycles. The maximum atomic E-state index is 8.53. The van der Waals surface area contributed by atoms with Gasteiger partial charge in [-0.05, 0) is 36.6 Å². The predicted octanol–water partition coefficient (Wildman–Crippen LogP) is 1.68. The monoisotopic (exact) mass is 328 g/mol. The number of methoxy groups -OCH3 is 2. The van der Waals surface area contributed by atoms with Gasteiger partial charge in [-0.25, -0.2) is 0 Å². The van der Waals surface area contributed by atoms with E-state index in [1.165, 1.54) is 0 Å². The van der Waals surface area contributed by atoms with Gasteiger partial charge in [0.15, 0.2) is 0 Å². The van der Waals surface area contributed by atoms with Gasteiger partial charge in [0, 0.05) is 6.61 Å². The largest absolute Gasteiger partial charge is 0.497 e. The Bertz CT molecular complexity index is 410. The van der Waals surface area contributed by atoms with Crippen molar-refractivity contribution in [1.29, 1.82) is 0 Å². The molecule has 0 bridgehead atoms. The van der Waals surface area contributed by atoms with Crippen LogP contribution in [0.15, 0.2) is 18.2 Å². The fraction of sp³-hybridized carbons (Fsp3) is 0.647. The molecule has 23 heavy (non-hydrogen) atoms. The molecule has 0 heterocycles. The van der Waals surface area contributed by atoms with Gasteiger partial charge in [0.25, 0.3) is 0 Å². The van der Waals surface area contributed by atoms with Crippen LogP contribution in [-0.4, -0.2) is 65.6 Å². The minimum absolute atomic E-state index is 0.0428. The van der Waals surface area contributed by atoms with E-state index in [1.54, 1.807) is 14.2 Å². The second-order valence-electron chi connectivity index (χ2n) is 4.84. The lowest BCUT2D eigenvalue weighted by Crippen LogP contribution is -2.11. The number of ether oxygens (including phenoxy) is 5. The number of aliphatic hydroxyl groups excluding tert-OH is 1. The molecule has 0 amide bonds. The Morgan fingerprint density at radius 1 is 0.826 bits per heavy atom. The Morgan fingerprint density at radius 3 is 2.09 bits per heavy atom. The zero-order valence-corrected chi connectivity index (χ0v) is 14.1. The van der Waals surface area contributed by atoms with Crippen molar-refractivity contribution in [1.82, 2.24) is 0 Å². The number of benzene rings is 1. The summed E-state index contributed by atoms with van der Waals surface area (Å²) in [6, 6.07) is 5.80. The van der Waals surface area contributed by atoms with Gasteiger partial charge in [-0.15, -0.1) is 0 Å². The lowest BCUT2D eigenvalue weighted by molar-refractivity contribution is 0.00743. The van der Waals surface area contributed by atoms with Crippen molar-refractivity contribution in [2.75, 3.05) is 60.5 Å². The highest BCUT2D eigenvalue weighted by molar-refractivity contribution is 5.40. The summed E-state index contributed by atoms with van der Waals surface area (Å²) in [7, 11) is 3.33. The molecule has 0 spiro atoms. The molecule has 0 aliphatic heterocycles. The van der Waals surface area contributed by atoms with Crippen molar-refractivity contribution in [2.24, 2.45) is 0 Å². The van der Waals surface area contributed by atoms with Crippen molar-refractivity contribution in [3.63, 3.8) is 0 Å². The topological polar surface area (TPSA) is 66.4 Å². The summed E-state index contributed by atoms with van der Waals surface area (Å²) >= 11 is 0. The van der Waals surface area contributed by atoms with E-state index >= 15 is 0 Å². The fourth-order valence-electron chi connectivity index (χ4n) is 2.05. The maximum absolute atomic E-state index is 8.53. The van der Waals surface area contributed by atoms with Crippen LogP contribution in [0.5, 0.6) is 11.5 Å². The van der Waals surface area contributed by atoms with Crippen molar-refractivity contribution in [2.45, 2.75) is 12.8 Å². The van der Waals surface area contributed by atoms with Gasteiger partial charge in [0.05, 0.1) is 53.9 Å². The first-order valence-corrected chi connectivity index (χ1v) is 7.86. The molecule has 0 aliphatic rings. The van der Waals surface area contributed by atoms with Crippen LogP contribution in [0.3, 0.4) is 0 Å². The molecule has 132 valence electrons. The fourth-order valence-corrected chi connectivity index (χ4v) is 2.05. The first kappa shape index (κ1) is 19.7. The Morgan fingerprint density at radius 2 is 1.48 bits per heavy atom. The van der Waals surface area contributed by atoms with E-state index in [-0.39, 0.29) is 6.61 Å². The predicted molar refractivity (Wildman–Crippen MR) is 87.4 cm³/mol. The minimum Gasteiger partial charge on any atom is -0.497 e. The Kier molecular flexibility index (Phi) is 11.3. The normalized spacial score (nSPS) is 10.7. The van der Waals surface area contributed by atoms with E-state index in [1.807, 2.05) is 18.2 Å². The number of aryl methyl sites for hydroxylation is 1. The summed E-state index contributed by atoms with van der Waals surface area (Å²) in [5.74, 6) is 1.70. The standard InChI is InChI=1S/C17H28O6/c1-19-16-5-6-17(20-2)15(14-16)4-3-8-21-10-12-23-13-11-22-9-7-18/h5-6,14,18H,3-4,7-13H2,1-2H3. The number of hydrogen-bond donors (Lipinski definition) is 1. The average Bonchev–Trinajstić information content (AvgIpc) is 2.59. The molecule has 1 N–H and O–H groups in total. The zero-order chi connectivity index (χ0) is 16.8. The van der Waals surface area contributed by atoms with Gasteiger partial charge in [0.2, 0.25) is 0 Å². The van der Waals surface area contributed by atoms with Crippen LogP contribution < -0.4 is 9.47 Å². The van der Waals surface area contributed by atoms with Crippen LogP contribution in [0, 0.1) is 0 Å². The van der Waals surface area contributed by atoms with Crippen molar-refractivity contribution in [3.8, 4) is 11.5 Å². The first-order chi connectivity index (χ1) is 11.3. The van der Waals surface area contributed by atoms with Crippen LogP contribution in [0.1, 0.15) is 12.0 Å².